The Kier molecular flexibility index (Phi) is 5.20. The summed E-state index contributed by atoms with van der Waals surface area (Å²) in [6.07, 6.45) is 2.56. The van der Waals surface area contributed by atoms with Gasteiger partial charge in [0, 0.05) is 11.6 Å². The van der Waals surface area contributed by atoms with E-state index >= 15 is 0 Å². The monoisotopic (exact) mass is 359 g/mol. The van der Waals surface area contributed by atoms with Crippen LogP contribution in [0.2, 0.25) is 0 Å². The third kappa shape index (κ3) is 4.90. The molecular formula is C19H21NO4S. The summed E-state index contributed by atoms with van der Waals surface area (Å²) in [6.45, 7) is 0. The van der Waals surface area contributed by atoms with Gasteiger partial charge in [-0.25, -0.2) is 0 Å². The van der Waals surface area contributed by atoms with Gasteiger partial charge in [-0.05, 0) is 42.5 Å². The number of carbonyl (C=O) groups excluding carboxylic acids is 1. The van der Waals surface area contributed by atoms with E-state index in [2.05, 4.69) is 5.32 Å². The van der Waals surface area contributed by atoms with Crippen LogP contribution in [0.25, 0.3) is 11.1 Å². The highest BCUT2D eigenvalue weighted by atomic mass is 32.2. The number of carbonyl (C=O) groups is 1. The third-order valence-corrected chi connectivity index (χ3v) is 4.91. The van der Waals surface area contributed by atoms with Gasteiger partial charge in [-0.2, -0.15) is 8.42 Å². The van der Waals surface area contributed by atoms with Crippen molar-refractivity contribution in [2.45, 2.75) is 31.4 Å². The maximum Gasteiger partial charge on any atom is 0.264 e. The molecule has 1 amide bonds. The zero-order valence-electron chi connectivity index (χ0n) is 14.0. The zero-order valence-corrected chi connectivity index (χ0v) is 14.8. The van der Waals surface area contributed by atoms with Gasteiger partial charge in [0.1, 0.15) is 0 Å². The van der Waals surface area contributed by atoms with Crippen molar-refractivity contribution in [1.82, 2.24) is 5.32 Å². The third-order valence-electron chi connectivity index (χ3n) is 4.28. The highest BCUT2D eigenvalue weighted by molar-refractivity contribution is 7.86. The summed E-state index contributed by atoms with van der Waals surface area (Å²) >= 11 is 0. The molecule has 6 heteroatoms. The Morgan fingerprint density at radius 3 is 2.28 bits per heavy atom. The van der Waals surface area contributed by atoms with Gasteiger partial charge in [0.2, 0.25) is 0 Å². The number of nitrogens with one attached hydrogen (secondary N) is 1. The predicted molar refractivity (Wildman–Crippen MR) is 96.7 cm³/mol. The maximum absolute atomic E-state index is 12.4. The Labute approximate surface area is 148 Å². The molecule has 5 nitrogen and oxygen atoms in total. The molecule has 0 aromatic heterocycles. The van der Waals surface area contributed by atoms with Crippen LogP contribution < -0.4 is 5.32 Å². The van der Waals surface area contributed by atoms with Gasteiger partial charge in [-0.1, -0.05) is 42.5 Å². The summed E-state index contributed by atoms with van der Waals surface area (Å²) < 4.78 is 27.4. The number of benzene rings is 2. The van der Waals surface area contributed by atoms with Crippen molar-refractivity contribution in [2.75, 3.05) is 6.26 Å². The van der Waals surface area contributed by atoms with E-state index in [4.69, 9.17) is 4.18 Å². The standard InChI is InChI=1S/C19H21NO4S/c1-25(22,23)24-18-12-11-17(13-18)20-19(21)16-9-7-15(8-10-16)14-5-3-2-4-6-14/h2-10,17-18H,11-13H2,1H3,(H,20,21). The van der Waals surface area contributed by atoms with Crippen LogP contribution in [0.5, 0.6) is 0 Å². The average Bonchev–Trinajstić information content (AvgIpc) is 3.00. The van der Waals surface area contributed by atoms with Crippen molar-refractivity contribution in [3.8, 4) is 11.1 Å². The molecule has 1 aliphatic rings. The van der Waals surface area contributed by atoms with Gasteiger partial charge >= 0.3 is 0 Å². The van der Waals surface area contributed by atoms with Gasteiger partial charge in [0.05, 0.1) is 12.4 Å². The minimum atomic E-state index is -3.46. The smallest absolute Gasteiger partial charge is 0.264 e. The van der Waals surface area contributed by atoms with E-state index in [0.717, 1.165) is 17.4 Å². The van der Waals surface area contributed by atoms with Crippen molar-refractivity contribution < 1.29 is 17.4 Å². The molecule has 1 N–H and O–H groups in total. The number of rotatable bonds is 5. The molecule has 2 aromatic carbocycles. The summed E-state index contributed by atoms with van der Waals surface area (Å²) in [5.41, 5.74) is 2.75. The van der Waals surface area contributed by atoms with Crippen molar-refractivity contribution in [3.05, 3.63) is 60.2 Å². The van der Waals surface area contributed by atoms with Crippen LogP contribution >= 0.6 is 0 Å². The first-order valence-corrected chi connectivity index (χ1v) is 10.1. The lowest BCUT2D eigenvalue weighted by atomic mass is 10.0. The summed E-state index contributed by atoms with van der Waals surface area (Å²) in [7, 11) is -3.46. The highest BCUT2D eigenvalue weighted by Crippen LogP contribution is 2.24. The summed E-state index contributed by atoms with van der Waals surface area (Å²) in [5, 5.41) is 2.96. The van der Waals surface area contributed by atoms with Gasteiger partial charge < -0.3 is 5.32 Å². The minimum Gasteiger partial charge on any atom is -0.349 e. The lowest BCUT2D eigenvalue weighted by Gasteiger charge is -2.13. The summed E-state index contributed by atoms with van der Waals surface area (Å²) in [5.74, 6) is -0.149. The number of amides is 1. The van der Waals surface area contributed by atoms with Crippen molar-refractivity contribution in [2.24, 2.45) is 0 Å². The van der Waals surface area contributed by atoms with Crippen molar-refractivity contribution >= 4 is 16.0 Å². The largest absolute Gasteiger partial charge is 0.349 e. The minimum absolute atomic E-state index is 0.0620. The fraction of sp³-hybridized carbons (Fsp3) is 0.316. The zero-order chi connectivity index (χ0) is 17.9. The Morgan fingerprint density at radius 2 is 1.64 bits per heavy atom. The van der Waals surface area contributed by atoms with E-state index in [-0.39, 0.29) is 18.1 Å². The van der Waals surface area contributed by atoms with Crippen LogP contribution in [0.15, 0.2) is 54.6 Å². The fourth-order valence-corrected chi connectivity index (χ4v) is 3.79. The van der Waals surface area contributed by atoms with Gasteiger partial charge in [0.15, 0.2) is 0 Å². The second kappa shape index (κ2) is 7.37. The van der Waals surface area contributed by atoms with E-state index in [1.807, 2.05) is 42.5 Å². The van der Waals surface area contributed by atoms with Crippen molar-refractivity contribution in [3.63, 3.8) is 0 Å². The first-order valence-electron chi connectivity index (χ1n) is 8.25. The number of hydrogen-bond acceptors (Lipinski definition) is 4. The second-order valence-corrected chi connectivity index (χ2v) is 7.95. The molecular weight excluding hydrogens is 338 g/mol. The predicted octanol–water partition coefficient (Wildman–Crippen LogP) is 2.98. The fourth-order valence-electron chi connectivity index (χ4n) is 3.12. The molecule has 0 spiro atoms. The molecule has 0 heterocycles. The molecule has 2 unspecified atom stereocenters. The van der Waals surface area contributed by atoms with E-state index in [0.29, 0.717) is 24.8 Å². The Balaban J connectivity index is 1.59. The Hall–Kier alpha value is -2.18. The van der Waals surface area contributed by atoms with Gasteiger partial charge in [-0.15, -0.1) is 0 Å². The first kappa shape index (κ1) is 17.6. The molecule has 0 bridgehead atoms. The van der Waals surface area contributed by atoms with E-state index in [9.17, 15) is 13.2 Å². The van der Waals surface area contributed by atoms with Crippen LogP contribution in [0, 0.1) is 0 Å². The normalized spacial score (nSPS) is 20.4. The van der Waals surface area contributed by atoms with E-state index in [1.165, 1.54) is 0 Å². The Bertz CT molecular complexity index is 831. The van der Waals surface area contributed by atoms with E-state index < -0.39 is 10.1 Å². The molecule has 2 aromatic rings. The molecule has 0 aliphatic heterocycles. The van der Waals surface area contributed by atoms with Crippen LogP contribution in [0.1, 0.15) is 29.6 Å². The van der Waals surface area contributed by atoms with Crippen LogP contribution in [0.3, 0.4) is 0 Å². The van der Waals surface area contributed by atoms with Gasteiger partial charge in [0.25, 0.3) is 16.0 Å². The summed E-state index contributed by atoms with van der Waals surface area (Å²) in [4.78, 5) is 12.4. The molecule has 0 radical (unpaired) electrons. The molecule has 0 saturated heterocycles. The van der Waals surface area contributed by atoms with Crippen LogP contribution in [-0.2, 0) is 14.3 Å². The Morgan fingerprint density at radius 1 is 1.00 bits per heavy atom. The molecule has 1 fully saturated rings. The highest BCUT2D eigenvalue weighted by Gasteiger charge is 2.29. The molecule has 25 heavy (non-hydrogen) atoms. The quantitative estimate of drug-likeness (QED) is 0.833. The van der Waals surface area contributed by atoms with Crippen LogP contribution in [0.4, 0.5) is 0 Å². The molecule has 1 saturated carbocycles. The first-order chi connectivity index (χ1) is 11.9. The lowest BCUT2D eigenvalue weighted by Crippen LogP contribution is -2.33. The molecule has 3 rings (SSSR count). The molecule has 1 aliphatic carbocycles. The topological polar surface area (TPSA) is 72.5 Å². The van der Waals surface area contributed by atoms with Crippen molar-refractivity contribution in [1.29, 1.82) is 0 Å². The maximum atomic E-state index is 12.4. The second-order valence-electron chi connectivity index (χ2n) is 6.35. The van der Waals surface area contributed by atoms with Gasteiger partial charge in [-0.3, -0.25) is 8.98 Å². The number of hydrogen-bond donors (Lipinski definition) is 1. The lowest BCUT2D eigenvalue weighted by molar-refractivity contribution is 0.0935. The van der Waals surface area contributed by atoms with Crippen LogP contribution in [-0.4, -0.2) is 32.7 Å². The SMILES string of the molecule is CS(=O)(=O)OC1CCC(NC(=O)c2ccc(-c3ccccc3)cc2)C1. The molecule has 2 atom stereocenters. The summed E-state index contributed by atoms with van der Waals surface area (Å²) in [6, 6.07) is 17.4. The molecule has 132 valence electrons. The average molecular weight is 359 g/mol. The van der Waals surface area contributed by atoms with E-state index in [1.54, 1.807) is 12.1 Å².